The number of hydrogen-bond donors (Lipinski definition) is 2. The first-order chi connectivity index (χ1) is 12.2. The number of imidazole rings is 1. The van der Waals surface area contributed by atoms with Crippen molar-refractivity contribution >= 4 is 17.0 Å². The van der Waals surface area contributed by atoms with Crippen molar-refractivity contribution in [3.8, 4) is 0 Å². The first kappa shape index (κ1) is 17.5. The molecule has 0 spiro atoms. The van der Waals surface area contributed by atoms with Gasteiger partial charge in [-0.2, -0.15) is 0 Å². The summed E-state index contributed by atoms with van der Waals surface area (Å²) in [5, 5.41) is 3.54. The van der Waals surface area contributed by atoms with Gasteiger partial charge in [0.05, 0.1) is 37.2 Å². The van der Waals surface area contributed by atoms with E-state index in [4.69, 9.17) is 4.98 Å². The molecule has 0 aliphatic rings. The number of quaternary nitrogens is 1. The summed E-state index contributed by atoms with van der Waals surface area (Å²) in [6, 6.07) is 17.1. The van der Waals surface area contributed by atoms with Crippen molar-refractivity contribution in [2.24, 2.45) is 0 Å². The van der Waals surface area contributed by atoms with Crippen LogP contribution in [0.4, 0.5) is 5.95 Å². The lowest BCUT2D eigenvalue weighted by Crippen LogP contribution is -3.11. The largest absolute Gasteiger partial charge is 0.352 e. The van der Waals surface area contributed by atoms with Crippen LogP contribution in [0, 0.1) is 6.92 Å². The van der Waals surface area contributed by atoms with Crippen LogP contribution in [0.25, 0.3) is 11.0 Å². The third-order valence-electron chi connectivity index (χ3n) is 4.91. The molecule has 2 N–H and O–H groups in total. The maximum Gasteiger partial charge on any atom is 0.204 e. The molecule has 0 saturated heterocycles. The van der Waals surface area contributed by atoms with E-state index >= 15 is 0 Å². The van der Waals surface area contributed by atoms with E-state index in [1.54, 1.807) is 4.90 Å². The summed E-state index contributed by atoms with van der Waals surface area (Å²) in [5.41, 5.74) is 4.83. The Labute approximate surface area is 150 Å². The highest BCUT2D eigenvalue weighted by molar-refractivity contribution is 5.78. The van der Waals surface area contributed by atoms with Gasteiger partial charge in [0.1, 0.15) is 0 Å². The summed E-state index contributed by atoms with van der Waals surface area (Å²) in [7, 11) is 0. The minimum atomic E-state index is 0.793. The molecule has 4 heteroatoms. The van der Waals surface area contributed by atoms with E-state index in [1.165, 1.54) is 16.6 Å². The second-order valence-corrected chi connectivity index (χ2v) is 6.62. The highest BCUT2D eigenvalue weighted by Crippen LogP contribution is 2.19. The molecule has 0 bridgehead atoms. The van der Waals surface area contributed by atoms with E-state index in [0.717, 1.165) is 44.2 Å². The Morgan fingerprint density at radius 2 is 1.72 bits per heavy atom. The number of nitrogens with zero attached hydrogens (tertiary/aromatic N) is 2. The molecule has 0 aliphatic carbocycles. The molecule has 0 aliphatic heterocycles. The number of benzene rings is 2. The van der Waals surface area contributed by atoms with E-state index in [9.17, 15) is 0 Å². The molecule has 0 amide bonds. The number of para-hydroxylation sites is 2. The Hall–Kier alpha value is -2.33. The van der Waals surface area contributed by atoms with Crippen molar-refractivity contribution in [2.75, 3.05) is 25.0 Å². The second kappa shape index (κ2) is 8.17. The molecule has 4 nitrogen and oxygen atoms in total. The van der Waals surface area contributed by atoms with Gasteiger partial charge >= 0.3 is 0 Å². The maximum absolute atomic E-state index is 4.82. The molecule has 1 heterocycles. The molecule has 0 fully saturated rings. The van der Waals surface area contributed by atoms with Gasteiger partial charge in [0.25, 0.3) is 0 Å². The molecule has 0 saturated carbocycles. The molecular formula is C21H29N4+. The minimum absolute atomic E-state index is 0.793. The van der Waals surface area contributed by atoms with Gasteiger partial charge in [-0.3, -0.25) is 0 Å². The summed E-state index contributed by atoms with van der Waals surface area (Å²) >= 11 is 0. The lowest BCUT2D eigenvalue weighted by molar-refractivity contribution is -0.897. The van der Waals surface area contributed by atoms with Crippen molar-refractivity contribution in [1.29, 1.82) is 0 Å². The average Bonchev–Trinajstić information content (AvgIpc) is 3.00. The van der Waals surface area contributed by atoms with Crippen LogP contribution in [0.1, 0.15) is 25.0 Å². The lowest BCUT2D eigenvalue weighted by Gasteiger charge is -2.17. The normalized spacial score (nSPS) is 11.4. The average molecular weight is 337 g/mol. The molecule has 132 valence electrons. The highest BCUT2D eigenvalue weighted by atomic mass is 15.2. The Balaban J connectivity index is 1.80. The van der Waals surface area contributed by atoms with Gasteiger partial charge in [-0.1, -0.05) is 42.0 Å². The monoisotopic (exact) mass is 337 g/mol. The molecule has 0 radical (unpaired) electrons. The van der Waals surface area contributed by atoms with Gasteiger partial charge in [-0.15, -0.1) is 0 Å². The quantitative estimate of drug-likeness (QED) is 0.663. The summed E-state index contributed by atoms with van der Waals surface area (Å²) in [6.45, 7) is 11.8. The van der Waals surface area contributed by atoms with Gasteiger partial charge in [-0.25, -0.2) is 4.98 Å². The smallest absolute Gasteiger partial charge is 0.204 e. The predicted molar refractivity (Wildman–Crippen MR) is 105 cm³/mol. The van der Waals surface area contributed by atoms with Crippen LogP contribution in [0.3, 0.4) is 0 Å². The summed E-state index contributed by atoms with van der Waals surface area (Å²) in [4.78, 5) is 6.43. The standard InChI is InChI=1S/C21H28N4/c1-4-24(5-2)14-15-25-20-9-7-6-8-19(20)23-21(25)22-16-18-12-10-17(3)11-13-18/h6-13H,4-5,14-16H2,1-3H3,(H,22,23)/p+1. The van der Waals surface area contributed by atoms with E-state index in [0.29, 0.717) is 0 Å². The zero-order valence-electron chi connectivity index (χ0n) is 15.5. The van der Waals surface area contributed by atoms with Crippen LogP contribution in [0.5, 0.6) is 0 Å². The van der Waals surface area contributed by atoms with Crippen molar-refractivity contribution in [1.82, 2.24) is 9.55 Å². The fourth-order valence-electron chi connectivity index (χ4n) is 3.20. The van der Waals surface area contributed by atoms with Crippen molar-refractivity contribution < 1.29 is 4.90 Å². The molecule has 25 heavy (non-hydrogen) atoms. The first-order valence-corrected chi connectivity index (χ1v) is 9.29. The summed E-state index contributed by atoms with van der Waals surface area (Å²) in [6.07, 6.45) is 0. The maximum atomic E-state index is 4.82. The van der Waals surface area contributed by atoms with E-state index in [1.807, 2.05) is 0 Å². The fourth-order valence-corrected chi connectivity index (χ4v) is 3.20. The SMILES string of the molecule is CC[NH+](CC)CCn1c(NCc2ccc(C)cc2)nc2ccccc21. The number of hydrogen-bond acceptors (Lipinski definition) is 2. The zero-order chi connectivity index (χ0) is 17.6. The van der Waals surface area contributed by atoms with Crippen molar-refractivity contribution in [3.05, 3.63) is 59.7 Å². The van der Waals surface area contributed by atoms with Gasteiger partial charge in [0, 0.05) is 6.54 Å². The Morgan fingerprint density at radius 1 is 1.00 bits per heavy atom. The van der Waals surface area contributed by atoms with Gasteiger partial charge in [0.15, 0.2) is 0 Å². The van der Waals surface area contributed by atoms with Crippen LogP contribution < -0.4 is 10.2 Å². The Morgan fingerprint density at radius 3 is 2.44 bits per heavy atom. The summed E-state index contributed by atoms with van der Waals surface area (Å²) in [5.74, 6) is 0.966. The van der Waals surface area contributed by atoms with Crippen LogP contribution in [-0.2, 0) is 13.1 Å². The lowest BCUT2D eigenvalue weighted by atomic mass is 10.1. The van der Waals surface area contributed by atoms with Crippen LogP contribution in [-0.4, -0.2) is 29.2 Å². The Bertz CT molecular complexity index is 800. The molecule has 3 rings (SSSR count). The number of rotatable bonds is 8. The molecule has 2 aromatic carbocycles. The number of aromatic nitrogens is 2. The third-order valence-corrected chi connectivity index (χ3v) is 4.91. The molecule has 3 aromatic rings. The second-order valence-electron chi connectivity index (χ2n) is 6.62. The summed E-state index contributed by atoms with van der Waals surface area (Å²) < 4.78 is 2.33. The number of nitrogens with one attached hydrogen (secondary N) is 2. The molecule has 0 atom stereocenters. The molecular weight excluding hydrogens is 308 g/mol. The van der Waals surface area contributed by atoms with Crippen molar-refractivity contribution in [3.63, 3.8) is 0 Å². The van der Waals surface area contributed by atoms with Gasteiger partial charge in [0.2, 0.25) is 5.95 Å². The minimum Gasteiger partial charge on any atom is -0.352 e. The fraction of sp³-hybridized carbons (Fsp3) is 0.381. The van der Waals surface area contributed by atoms with Gasteiger partial charge < -0.3 is 14.8 Å². The number of likely N-dealkylation sites (N-methyl/N-ethyl adjacent to an activating group) is 1. The number of aryl methyl sites for hydroxylation is 1. The number of anilines is 1. The highest BCUT2D eigenvalue weighted by Gasteiger charge is 2.12. The third kappa shape index (κ3) is 4.20. The molecule has 1 aromatic heterocycles. The number of fused-ring (bicyclic) bond motifs is 1. The van der Waals surface area contributed by atoms with Crippen molar-refractivity contribution in [2.45, 2.75) is 33.9 Å². The first-order valence-electron chi connectivity index (χ1n) is 9.29. The zero-order valence-corrected chi connectivity index (χ0v) is 15.5. The van der Waals surface area contributed by atoms with E-state index in [2.05, 4.69) is 79.2 Å². The van der Waals surface area contributed by atoms with E-state index in [-0.39, 0.29) is 0 Å². The van der Waals surface area contributed by atoms with Crippen LogP contribution >= 0.6 is 0 Å². The van der Waals surface area contributed by atoms with Crippen LogP contribution in [0.15, 0.2) is 48.5 Å². The molecule has 0 unspecified atom stereocenters. The Kier molecular flexibility index (Phi) is 5.71. The topological polar surface area (TPSA) is 34.3 Å². The predicted octanol–water partition coefficient (Wildman–Crippen LogP) is 2.88. The van der Waals surface area contributed by atoms with Crippen LogP contribution in [0.2, 0.25) is 0 Å². The van der Waals surface area contributed by atoms with Gasteiger partial charge in [-0.05, 0) is 38.5 Å². The van der Waals surface area contributed by atoms with E-state index < -0.39 is 0 Å².